The van der Waals surface area contributed by atoms with Crippen molar-refractivity contribution in [2.75, 3.05) is 11.9 Å². The van der Waals surface area contributed by atoms with Crippen molar-refractivity contribution >= 4 is 21.7 Å². The molecule has 0 saturated heterocycles. The number of nitrogens with zero attached hydrogens (tertiary/aromatic N) is 2. The largest absolute Gasteiger partial charge is 0.436 e. The highest BCUT2D eigenvalue weighted by molar-refractivity contribution is 9.10. The molecule has 0 bridgehead atoms. The zero-order valence-corrected chi connectivity index (χ0v) is 9.48. The molecular formula is C8H9BrF3N3. The molecule has 1 unspecified atom stereocenters. The van der Waals surface area contributed by atoms with E-state index in [0.717, 1.165) is 0 Å². The summed E-state index contributed by atoms with van der Waals surface area (Å²) in [4.78, 5) is 0. The molecule has 0 fully saturated rings. The highest BCUT2D eigenvalue weighted by Crippen LogP contribution is 2.39. The van der Waals surface area contributed by atoms with E-state index in [0.29, 0.717) is 18.9 Å². The van der Waals surface area contributed by atoms with Gasteiger partial charge in [-0.3, -0.25) is 0 Å². The van der Waals surface area contributed by atoms with Gasteiger partial charge in [-0.1, -0.05) is 6.92 Å². The van der Waals surface area contributed by atoms with E-state index in [2.05, 4.69) is 26.3 Å². The number of anilines is 1. The average molecular weight is 284 g/mol. The minimum Gasteiger partial charge on any atom is -0.369 e. The van der Waals surface area contributed by atoms with Crippen LogP contribution in [0.3, 0.4) is 0 Å². The van der Waals surface area contributed by atoms with Gasteiger partial charge in [-0.25, -0.2) is 4.68 Å². The van der Waals surface area contributed by atoms with E-state index >= 15 is 0 Å². The molecule has 1 aliphatic rings. The van der Waals surface area contributed by atoms with E-state index in [1.165, 1.54) is 4.68 Å². The predicted molar refractivity (Wildman–Crippen MR) is 52.6 cm³/mol. The Kier molecular flexibility index (Phi) is 2.44. The molecule has 0 aliphatic carbocycles. The molecule has 84 valence electrons. The Morgan fingerprint density at radius 3 is 2.80 bits per heavy atom. The fraction of sp³-hybridized carbons (Fsp3) is 0.625. The fourth-order valence-corrected chi connectivity index (χ4v) is 2.20. The summed E-state index contributed by atoms with van der Waals surface area (Å²) in [5.74, 6) is 0.700. The molecular weight excluding hydrogens is 275 g/mol. The molecule has 2 rings (SSSR count). The molecule has 15 heavy (non-hydrogen) atoms. The molecule has 0 spiro atoms. The van der Waals surface area contributed by atoms with Gasteiger partial charge in [-0.05, 0) is 21.8 Å². The number of halogens is 4. The maximum atomic E-state index is 12.5. The van der Waals surface area contributed by atoms with Crippen LogP contribution in [0.15, 0.2) is 4.47 Å². The monoisotopic (exact) mass is 283 g/mol. The first-order valence-electron chi connectivity index (χ1n) is 4.47. The molecule has 0 radical (unpaired) electrons. The van der Waals surface area contributed by atoms with E-state index in [-0.39, 0.29) is 10.4 Å². The molecule has 1 aliphatic heterocycles. The van der Waals surface area contributed by atoms with E-state index in [1.807, 2.05) is 6.92 Å². The van der Waals surface area contributed by atoms with Gasteiger partial charge in [0.25, 0.3) is 0 Å². The first kappa shape index (κ1) is 10.8. The second kappa shape index (κ2) is 3.40. The van der Waals surface area contributed by atoms with Gasteiger partial charge in [0.2, 0.25) is 0 Å². The van der Waals surface area contributed by atoms with Gasteiger partial charge < -0.3 is 5.32 Å². The standard InChI is InChI=1S/C8H9BrF3N3/c1-4-2-13-7-5(9)6(8(10,11)12)14-15(7)3-4/h4,13H,2-3H2,1H3. The third-order valence-corrected chi connectivity index (χ3v) is 3.02. The van der Waals surface area contributed by atoms with Crippen LogP contribution in [-0.2, 0) is 12.7 Å². The Balaban J connectivity index is 2.45. The van der Waals surface area contributed by atoms with Crippen LogP contribution in [0.4, 0.5) is 19.0 Å². The van der Waals surface area contributed by atoms with Crippen molar-refractivity contribution < 1.29 is 13.2 Å². The zero-order chi connectivity index (χ0) is 11.2. The van der Waals surface area contributed by atoms with Crippen LogP contribution in [-0.4, -0.2) is 16.3 Å². The van der Waals surface area contributed by atoms with Gasteiger partial charge in [0, 0.05) is 13.1 Å². The molecule has 1 atom stereocenters. The van der Waals surface area contributed by atoms with Crippen molar-refractivity contribution in [3.63, 3.8) is 0 Å². The Morgan fingerprint density at radius 1 is 1.53 bits per heavy atom. The van der Waals surface area contributed by atoms with Gasteiger partial charge in [0.15, 0.2) is 5.69 Å². The van der Waals surface area contributed by atoms with Gasteiger partial charge in [0.1, 0.15) is 5.82 Å². The summed E-state index contributed by atoms with van der Waals surface area (Å²) in [6.45, 7) is 3.14. The van der Waals surface area contributed by atoms with Crippen molar-refractivity contribution in [3.05, 3.63) is 10.2 Å². The molecule has 0 aromatic carbocycles. The molecule has 1 aromatic heterocycles. The topological polar surface area (TPSA) is 29.9 Å². The molecule has 0 amide bonds. The summed E-state index contributed by atoms with van der Waals surface area (Å²) in [7, 11) is 0. The highest BCUT2D eigenvalue weighted by atomic mass is 79.9. The Bertz CT molecular complexity index is 385. The predicted octanol–water partition coefficient (Wildman–Crippen LogP) is 2.73. The lowest BCUT2D eigenvalue weighted by molar-refractivity contribution is -0.142. The van der Waals surface area contributed by atoms with Crippen molar-refractivity contribution in [2.24, 2.45) is 5.92 Å². The number of rotatable bonds is 0. The number of aromatic nitrogens is 2. The number of hydrogen-bond donors (Lipinski definition) is 1. The van der Waals surface area contributed by atoms with Crippen LogP contribution in [0.1, 0.15) is 12.6 Å². The van der Waals surface area contributed by atoms with E-state index in [9.17, 15) is 13.2 Å². The summed E-state index contributed by atoms with van der Waals surface area (Å²) in [5, 5.41) is 6.48. The third-order valence-electron chi connectivity index (χ3n) is 2.27. The number of hydrogen-bond acceptors (Lipinski definition) is 2. The van der Waals surface area contributed by atoms with Crippen LogP contribution in [0, 0.1) is 5.92 Å². The lowest BCUT2D eigenvalue weighted by atomic mass is 10.1. The molecule has 1 aromatic rings. The van der Waals surface area contributed by atoms with Gasteiger partial charge in [-0.2, -0.15) is 18.3 Å². The minimum absolute atomic E-state index is 0.00176. The number of alkyl halides is 3. The second-order valence-electron chi connectivity index (χ2n) is 3.68. The van der Waals surface area contributed by atoms with Crippen LogP contribution in [0.5, 0.6) is 0 Å². The fourth-order valence-electron chi connectivity index (χ4n) is 1.55. The summed E-state index contributed by atoms with van der Waals surface area (Å²) in [6, 6.07) is 0. The van der Waals surface area contributed by atoms with Crippen molar-refractivity contribution in [2.45, 2.75) is 19.6 Å². The second-order valence-corrected chi connectivity index (χ2v) is 4.47. The van der Waals surface area contributed by atoms with Crippen LogP contribution >= 0.6 is 15.9 Å². The van der Waals surface area contributed by atoms with Gasteiger partial charge in [-0.15, -0.1) is 0 Å². The van der Waals surface area contributed by atoms with Gasteiger partial charge >= 0.3 is 6.18 Å². The molecule has 7 heteroatoms. The maximum absolute atomic E-state index is 12.5. The Morgan fingerprint density at radius 2 is 2.20 bits per heavy atom. The highest BCUT2D eigenvalue weighted by Gasteiger charge is 2.39. The summed E-state index contributed by atoms with van der Waals surface area (Å²) < 4.78 is 38.9. The Labute approximate surface area is 92.8 Å². The minimum atomic E-state index is -4.41. The quantitative estimate of drug-likeness (QED) is 0.794. The lowest BCUT2D eigenvalue weighted by Crippen LogP contribution is -2.25. The number of fused-ring (bicyclic) bond motifs is 1. The Hall–Kier alpha value is -0.720. The number of nitrogens with one attached hydrogen (secondary N) is 1. The lowest BCUT2D eigenvalue weighted by Gasteiger charge is -2.21. The zero-order valence-electron chi connectivity index (χ0n) is 7.90. The van der Waals surface area contributed by atoms with Crippen LogP contribution < -0.4 is 5.32 Å². The third kappa shape index (κ3) is 1.84. The average Bonchev–Trinajstić information content (AvgIpc) is 2.42. The molecule has 1 N–H and O–H groups in total. The summed E-state index contributed by atoms with van der Waals surface area (Å²) >= 11 is 2.93. The van der Waals surface area contributed by atoms with E-state index in [1.54, 1.807) is 0 Å². The van der Waals surface area contributed by atoms with Crippen molar-refractivity contribution in [3.8, 4) is 0 Å². The van der Waals surface area contributed by atoms with Crippen molar-refractivity contribution in [1.29, 1.82) is 0 Å². The molecule has 3 nitrogen and oxygen atoms in total. The first-order valence-corrected chi connectivity index (χ1v) is 5.26. The SMILES string of the molecule is CC1CNc2c(Br)c(C(F)(F)F)nn2C1. The normalized spacial score (nSPS) is 21.0. The van der Waals surface area contributed by atoms with Crippen molar-refractivity contribution in [1.82, 2.24) is 9.78 Å². The van der Waals surface area contributed by atoms with Crippen LogP contribution in [0.2, 0.25) is 0 Å². The smallest absolute Gasteiger partial charge is 0.369 e. The van der Waals surface area contributed by atoms with Gasteiger partial charge in [0.05, 0.1) is 4.47 Å². The first-order chi connectivity index (χ1) is 6.89. The molecule has 2 heterocycles. The van der Waals surface area contributed by atoms with E-state index in [4.69, 9.17) is 0 Å². The maximum Gasteiger partial charge on any atom is 0.436 e. The molecule has 0 saturated carbocycles. The summed E-state index contributed by atoms with van der Waals surface area (Å²) in [5.41, 5.74) is -0.862. The summed E-state index contributed by atoms with van der Waals surface area (Å²) in [6.07, 6.45) is -4.41. The van der Waals surface area contributed by atoms with E-state index < -0.39 is 11.9 Å². The van der Waals surface area contributed by atoms with Crippen LogP contribution in [0.25, 0.3) is 0 Å².